The van der Waals surface area contributed by atoms with Crippen molar-refractivity contribution in [3.63, 3.8) is 0 Å². The lowest BCUT2D eigenvalue weighted by molar-refractivity contribution is -0.123. The lowest BCUT2D eigenvalue weighted by Crippen LogP contribution is -2.33. The molecule has 2 heterocycles. The lowest BCUT2D eigenvalue weighted by atomic mass is 9.81. The van der Waals surface area contributed by atoms with Gasteiger partial charge < -0.3 is 0 Å². The predicted molar refractivity (Wildman–Crippen MR) is 116 cm³/mol. The van der Waals surface area contributed by atoms with Crippen LogP contribution in [0.25, 0.3) is 11.3 Å². The van der Waals surface area contributed by atoms with Crippen LogP contribution >= 0.6 is 11.3 Å². The first-order valence-electron chi connectivity index (χ1n) is 10.4. The van der Waals surface area contributed by atoms with Crippen LogP contribution < -0.4 is 4.90 Å². The molecule has 0 radical (unpaired) electrons. The molecule has 5 rings (SSSR count). The summed E-state index contributed by atoms with van der Waals surface area (Å²) in [6.07, 6.45) is 2.06. The summed E-state index contributed by atoms with van der Waals surface area (Å²) in [7, 11) is 0. The Morgan fingerprint density at radius 2 is 1.66 bits per heavy atom. The molecule has 150 valence electrons. The number of hydrogen-bond donors (Lipinski definition) is 0. The lowest BCUT2D eigenvalue weighted by Gasteiger charge is -2.18. The summed E-state index contributed by atoms with van der Waals surface area (Å²) >= 11 is 1.46. The zero-order valence-electron chi connectivity index (χ0n) is 17.6. The van der Waals surface area contributed by atoms with Gasteiger partial charge in [-0.15, -0.1) is 11.3 Å². The number of rotatable bonds is 2. The Bertz CT molecular complexity index is 1060. The number of benzene rings is 1. The number of fused-ring (bicyclic) bond motifs is 5. The number of imide groups is 1. The summed E-state index contributed by atoms with van der Waals surface area (Å²) in [4.78, 5) is 34.0. The van der Waals surface area contributed by atoms with Crippen molar-refractivity contribution < 1.29 is 9.59 Å². The van der Waals surface area contributed by atoms with Gasteiger partial charge in [0.15, 0.2) is 5.13 Å². The van der Waals surface area contributed by atoms with Gasteiger partial charge in [0.1, 0.15) is 0 Å². The Morgan fingerprint density at radius 1 is 1.03 bits per heavy atom. The zero-order valence-corrected chi connectivity index (χ0v) is 18.4. The topological polar surface area (TPSA) is 50.3 Å². The van der Waals surface area contributed by atoms with Crippen LogP contribution in [0.5, 0.6) is 0 Å². The molecule has 3 fully saturated rings. The van der Waals surface area contributed by atoms with Crippen molar-refractivity contribution in [1.29, 1.82) is 0 Å². The molecule has 0 N–H and O–H groups in total. The van der Waals surface area contributed by atoms with Crippen LogP contribution in [-0.2, 0) is 9.59 Å². The van der Waals surface area contributed by atoms with E-state index in [-0.39, 0.29) is 35.5 Å². The summed E-state index contributed by atoms with van der Waals surface area (Å²) in [6.45, 7) is 10.4. The number of allylic oxidation sites excluding steroid dienone is 2. The number of carbonyl (C=O) groups excluding carboxylic acids is 2. The van der Waals surface area contributed by atoms with E-state index in [1.54, 1.807) is 0 Å². The zero-order chi connectivity index (χ0) is 20.6. The van der Waals surface area contributed by atoms with Gasteiger partial charge in [0, 0.05) is 10.4 Å². The van der Waals surface area contributed by atoms with Gasteiger partial charge >= 0.3 is 0 Å². The second-order valence-corrected chi connectivity index (χ2v) is 10.2. The molecule has 1 saturated heterocycles. The molecule has 2 amide bonds. The maximum absolute atomic E-state index is 13.4. The molecule has 5 heteroatoms. The van der Waals surface area contributed by atoms with E-state index < -0.39 is 0 Å². The maximum Gasteiger partial charge on any atom is 0.240 e. The smallest absolute Gasteiger partial charge is 0.240 e. The third-order valence-corrected chi connectivity index (χ3v) is 8.00. The van der Waals surface area contributed by atoms with E-state index in [0.717, 1.165) is 34.5 Å². The monoisotopic (exact) mass is 406 g/mol. The first-order valence-corrected chi connectivity index (χ1v) is 11.2. The highest BCUT2D eigenvalue weighted by atomic mass is 32.1. The average Bonchev–Trinajstić information content (AvgIpc) is 3.37. The Balaban J connectivity index is 1.53. The summed E-state index contributed by atoms with van der Waals surface area (Å²) < 4.78 is 0. The minimum Gasteiger partial charge on any atom is -0.274 e. The molecule has 2 aromatic rings. The number of carbonyl (C=O) groups is 2. The van der Waals surface area contributed by atoms with E-state index >= 15 is 0 Å². The van der Waals surface area contributed by atoms with Crippen molar-refractivity contribution in [1.82, 2.24) is 4.98 Å². The van der Waals surface area contributed by atoms with Crippen LogP contribution in [0.4, 0.5) is 5.13 Å². The molecule has 4 atom stereocenters. The second kappa shape index (κ2) is 6.36. The average molecular weight is 407 g/mol. The molecular weight excluding hydrogens is 380 g/mol. The van der Waals surface area contributed by atoms with Crippen LogP contribution in [0.2, 0.25) is 0 Å². The molecule has 2 saturated carbocycles. The van der Waals surface area contributed by atoms with Gasteiger partial charge in [-0.1, -0.05) is 34.9 Å². The normalized spacial score (nSPS) is 27.9. The molecule has 4 nitrogen and oxygen atoms in total. The first kappa shape index (κ1) is 18.7. The molecule has 0 spiro atoms. The van der Waals surface area contributed by atoms with Crippen LogP contribution in [0, 0.1) is 44.4 Å². The van der Waals surface area contributed by atoms with E-state index in [2.05, 4.69) is 45.9 Å². The summed E-state index contributed by atoms with van der Waals surface area (Å²) in [6, 6.07) is 6.30. The molecule has 1 aromatic heterocycles. The quantitative estimate of drug-likeness (QED) is 0.508. The molecule has 1 aromatic carbocycles. The molecule has 1 aliphatic heterocycles. The minimum atomic E-state index is -0.181. The van der Waals surface area contributed by atoms with Crippen molar-refractivity contribution in [2.75, 3.05) is 4.90 Å². The number of anilines is 1. The van der Waals surface area contributed by atoms with Crippen molar-refractivity contribution in [2.24, 2.45) is 23.7 Å². The maximum atomic E-state index is 13.4. The highest BCUT2D eigenvalue weighted by Crippen LogP contribution is 2.60. The second-order valence-electron chi connectivity index (χ2n) is 9.03. The molecule has 3 aliphatic rings. The van der Waals surface area contributed by atoms with E-state index in [9.17, 15) is 9.59 Å². The van der Waals surface area contributed by atoms with Crippen LogP contribution in [0.1, 0.15) is 42.7 Å². The molecule has 2 aliphatic carbocycles. The van der Waals surface area contributed by atoms with Gasteiger partial charge in [-0.2, -0.15) is 0 Å². The number of thiazole rings is 1. The minimum absolute atomic E-state index is 0.0353. The number of aromatic nitrogens is 1. The van der Waals surface area contributed by atoms with Crippen LogP contribution in [-0.4, -0.2) is 16.8 Å². The third kappa shape index (κ3) is 2.53. The number of amides is 2. The fourth-order valence-corrected chi connectivity index (χ4v) is 6.92. The van der Waals surface area contributed by atoms with E-state index in [4.69, 9.17) is 4.98 Å². The third-order valence-electron chi connectivity index (χ3n) is 7.04. The fourth-order valence-electron chi connectivity index (χ4n) is 5.99. The molecule has 29 heavy (non-hydrogen) atoms. The number of hydrogen-bond acceptors (Lipinski definition) is 4. The van der Waals surface area contributed by atoms with Crippen molar-refractivity contribution in [2.45, 2.75) is 47.5 Å². The van der Waals surface area contributed by atoms with Crippen molar-refractivity contribution >= 4 is 28.3 Å². The van der Waals surface area contributed by atoms with Gasteiger partial charge in [0.05, 0.1) is 17.5 Å². The van der Waals surface area contributed by atoms with E-state index in [1.165, 1.54) is 32.9 Å². The molecule has 0 unspecified atom stereocenters. The Morgan fingerprint density at radius 3 is 2.21 bits per heavy atom. The standard InChI is InChI=1S/C24H26N2O2S/c1-11(2)18-16-8-9-17(18)20-19(16)22(27)26(23(20)28)24-25-21(14(5)29-24)15-7-6-12(3)10-13(15)4/h6-7,10,16-17,19-20H,8-9H2,1-5H3/t16-,17+,19+,20-. The van der Waals surface area contributed by atoms with Crippen LogP contribution in [0.3, 0.4) is 0 Å². The van der Waals surface area contributed by atoms with Crippen LogP contribution in [0.15, 0.2) is 29.3 Å². The van der Waals surface area contributed by atoms with Crippen molar-refractivity contribution in [3.8, 4) is 11.3 Å². The fraction of sp³-hybridized carbons (Fsp3) is 0.458. The Labute approximate surface area is 175 Å². The van der Waals surface area contributed by atoms with Gasteiger partial charge in [-0.3, -0.25) is 9.59 Å². The highest BCUT2D eigenvalue weighted by molar-refractivity contribution is 7.16. The Hall–Kier alpha value is -2.27. The largest absolute Gasteiger partial charge is 0.274 e. The highest BCUT2D eigenvalue weighted by Gasteiger charge is 2.64. The molecular formula is C24H26N2O2S. The van der Waals surface area contributed by atoms with Gasteiger partial charge in [0.2, 0.25) is 11.8 Å². The van der Waals surface area contributed by atoms with Crippen molar-refractivity contribution in [3.05, 3.63) is 45.3 Å². The van der Waals surface area contributed by atoms with Gasteiger partial charge in [-0.05, 0) is 64.9 Å². The Kier molecular flexibility index (Phi) is 4.11. The predicted octanol–water partition coefficient (Wildman–Crippen LogP) is 5.22. The number of aryl methyl sites for hydroxylation is 3. The summed E-state index contributed by atoms with van der Waals surface area (Å²) in [5, 5.41) is 0.542. The number of nitrogens with zero attached hydrogens (tertiary/aromatic N) is 2. The van der Waals surface area contributed by atoms with Gasteiger partial charge in [-0.25, -0.2) is 9.88 Å². The molecule has 2 bridgehead atoms. The first-order chi connectivity index (χ1) is 13.8. The SMILES string of the molecule is CC(C)=C1[C@H]2CC[C@@H]1[C@H]1C(=O)N(c3nc(-c4ccc(C)cc4C)c(C)s3)C(=O)[C@H]12. The summed E-state index contributed by atoms with van der Waals surface area (Å²) in [5.74, 6) is 0.0613. The van der Waals surface area contributed by atoms with Gasteiger partial charge in [0.25, 0.3) is 0 Å². The van der Waals surface area contributed by atoms with E-state index in [0.29, 0.717) is 5.13 Å². The van der Waals surface area contributed by atoms with E-state index in [1.807, 2.05) is 6.92 Å². The summed E-state index contributed by atoms with van der Waals surface area (Å²) in [5.41, 5.74) is 7.00.